The number of carbonyl (C=O) groups excluding carboxylic acids is 1. The molecule has 0 aliphatic rings. The highest BCUT2D eigenvalue weighted by molar-refractivity contribution is 5.91. The van der Waals surface area contributed by atoms with Crippen LogP contribution in [0.4, 0.5) is 0 Å². The highest BCUT2D eigenvalue weighted by Gasteiger charge is 2.17. The lowest BCUT2D eigenvalue weighted by molar-refractivity contribution is 0.0743. The van der Waals surface area contributed by atoms with Gasteiger partial charge in [-0.15, -0.1) is 0 Å². The molecule has 80 valence electrons. The van der Waals surface area contributed by atoms with Gasteiger partial charge in [-0.3, -0.25) is 4.79 Å². The minimum atomic E-state index is -0.216. The van der Waals surface area contributed by atoms with Crippen LogP contribution < -0.4 is 0 Å². The van der Waals surface area contributed by atoms with E-state index < -0.39 is 0 Å². The van der Waals surface area contributed by atoms with Crippen molar-refractivity contribution < 1.29 is 9.21 Å². The monoisotopic (exact) mass is 206 g/mol. The lowest BCUT2D eigenvalue weighted by Gasteiger charge is -2.16. The minimum absolute atomic E-state index is 0.104. The molecule has 0 radical (unpaired) electrons. The van der Waals surface area contributed by atoms with E-state index in [0.717, 1.165) is 6.42 Å². The predicted octanol–water partition coefficient (Wildman–Crippen LogP) is 1.96. The number of furan rings is 1. The van der Waals surface area contributed by atoms with Gasteiger partial charge in [-0.1, -0.05) is 6.92 Å². The number of hydrogen-bond acceptors (Lipinski definition) is 3. The molecule has 1 rings (SSSR count). The Morgan fingerprint density at radius 1 is 1.60 bits per heavy atom. The van der Waals surface area contributed by atoms with Gasteiger partial charge < -0.3 is 9.32 Å². The molecule has 1 aromatic rings. The molecule has 4 heteroatoms. The van der Waals surface area contributed by atoms with Crippen LogP contribution in [-0.2, 0) is 0 Å². The first-order valence-electron chi connectivity index (χ1n) is 4.91. The third-order valence-corrected chi connectivity index (χ3v) is 1.99. The SMILES string of the molecule is CCCN(CC#N)C(=O)c1ccc(C)o1. The summed E-state index contributed by atoms with van der Waals surface area (Å²) >= 11 is 0. The van der Waals surface area contributed by atoms with Crippen molar-refractivity contribution in [2.24, 2.45) is 0 Å². The molecular formula is C11H14N2O2. The fourth-order valence-electron chi connectivity index (χ4n) is 1.31. The summed E-state index contributed by atoms with van der Waals surface area (Å²) in [6.07, 6.45) is 0.826. The van der Waals surface area contributed by atoms with Gasteiger partial charge in [0.05, 0.1) is 6.07 Å². The van der Waals surface area contributed by atoms with Crippen molar-refractivity contribution in [3.8, 4) is 6.07 Å². The molecule has 0 saturated carbocycles. The molecule has 1 amide bonds. The van der Waals surface area contributed by atoms with Gasteiger partial charge in [-0.25, -0.2) is 0 Å². The molecule has 1 aromatic heterocycles. The summed E-state index contributed by atoms with van der Waals surface area (Å²) in [5, 5.41) is 8.59. The van der Waals surface area contributed by atoms with E-state index in [-0.39, 0.29) is 12.5 Å². The van der Waals surface area contributed by atoms with Gasteiger partial charge in [0.25, 0.3) is 5.91 Å². The lowest BCUT2D eigenvalue weighted by atomic mass is 10.3. The minimum Gasteiger partial charge on any atom is -0.456 e. The van der Waals surface area contributed by atoms with Crippen LogP contribution in [0.2, 0.25) is 0 Å². The predicted molar refractivity (Wildman–Crippen MR) is 55.3 cm³/mol. The molecule has 0 saturated heterocycles. The summed E-state index contributed by atoms with van der Waals surface area (Å²) < 4.78 is 5.22. The van der Waals surface area contributed by atoms with Gasteiger partial charge in [0, 0.05) is 6.54 Å². The zero-order chi connectivity index (χ0) is 11.3. The standard InChI is InChI=1S/C11H14N2O2/c1-3-7-13(8-6-12)11(14)10-5-4-9(2)15-10/h4-5H,3,7-8H2,1-2H3. The maximum absolute atomic E-state index is 11.8. The van der Waals surface area contributed by atoms with E-state index in [4.69, 9.17) is 9.68 Å². The Labute approximate surface area is 89.1 Å². The van der Waals surface area contributed by atoms with Crippen LogP contribution in [-0.4, -0.2) is 23.9 Å². The van der Waals surface area contributed by atoms with Gasteiger partial charge >= 0.3 is 0 Å². The van der Waals surface area contributed by atoms with E-state index in [1.165, 1.54) is 4.90 Å². The molecule has 0 aliphatic carbocycles. The third-order valence-electron chi connectivity index (χ3n) is 1.99. The Kier molecular flexibility index (Phi) is 3.92. The molecule has 15 heavy (non-hydrogen) atoms. The number of aryl methyl sites for hydroxylation is 1. The van der Waals surface area contributed by atoms with E-state index in [1.54, 1.807) is 19.1 Å². The van der Waals surface area contributed by atoms with Gasteiger partial charge in [0.15, 0.2) is 5.76 Å². The average molecular weight is 206 g/mol. The number of hydrogen-bond donors (Lipinski definition) is 0. The topological polar surface area (TPSA) is 57.2 Å². The van der Waals surface area contributed by atoms with Crippen LogP contribution in [0, 0.1) is 18.3 Å². The summed E-state index contributed by atoms with van der Waals surface area (Å²) in [6, 6.07) is 5.35. The Hall–Kier alpha value is -1.76. The fourth-order valence-corrected chi connectivity index (χ4v) is 1.31. The highest BCUT2D eigenvalue weighted by Crippen LogP contribution is 2.09. The third kappa shape index (κ3) is 2.84. The van der Waals surface area contributed by atoms with Crippen molar-refractivity contribution in [1.82, 2.24) is 4.90 Å². The molecular weight excluding hydrogens is 192 g/mol. The maximum atomic E-state index is 11.8. The molecule has 0 fully saturated rings. The maximum Gasteiger partial charge on any atom is 0.290 e. The highest BCUT2D eigenvalue weighted by atomic mass is 16.3. The molecule has 0 N–H and O–H groups in total. The van der Waals surface area contributed by atoms with Gasteiger partial charge in [-0.2, -0.15) is 5.26 Å². The van der Waals surface area contributed by atoms with Crippen molar-refractivity contribution in [3.63, 3.8) is 0 Å². The van der Waals surface area contributed by atoms with E-state index >= 15 is 0 Å². The molecule has 0 aliphatic heterocycles. The number of nitriles is 1. The zero-order valence-electron chi connectivity index (χ0n) is 8.99. The number of amides is 1. The number of rotatable bonds is 4. The molecule has 0 unspecified atom stereocenters. The number of nitrogens with zero attached hydrogens (tertiary/aromatic N) is 2. The quantitative estimate of drug-likeness (QED) is 0.707. The second-order valence-corrected chi connectivity index (χ2v) is 3.30. The Balaban J connectivity index is 2.76. The smallest absolute Gasteiger partial charge is 0.290 e. The zero-order valence-corrected chi connectivity index (χ0v) is 8.99. The summed E-state index contributed by atoms with van der Waals surface area (Å²) in [4.78, 5) is 13.3. The van der Waals surface area contributed by atoms with E-state index in [2.05, 4.69) is 0 Å². The van der Waals surface area contributed by atoms with Crippen LogP contribution >= 0.6 is 0 Å². The summed E-state index contributed by atoms with van der Waals surface area (Å²) in [7, 11) is 0. The van der Waals surface area contributed by atoms with E-state index in [1.807, 2.05) is 13.0 Å². The van der Waals surface area contributed by atoms with Crippen LogP contribution in [0.3, 0.4) is 0 Å². The largest absolute Gasteiger partial charge is 0.456 e. The molecule has 4 nitrogen and oxygen atoms in total. The molecule has 0 bridgehead atoms. The molecule has 0 spiro atoms. The first-order chi connectivity index (χ1) is 7.19. The van der Waals surface area contributed by atoms with Crippen molar-refractivity contribution in [1.29, 1.82) is 5.26 Å². The van der Waals surface area contributed by atoms with Crippen molar-refractivity contribution >= 4 is 5.91 Å². The summed E-state index contributed by atoms with van der Waals surface area (Å²) in [6.45, 7) is 4.43. The van der Waals surface area contributed by atoms with Gasteiger partial charge in [-0.05, 0) is 25.5 Å². The first kappa shape index (κ1) is 11.3. The molecule has 0 aromatic carbocycles. The van der Waals surface area contributed by atoms with Crippen molar-refractivity contribution in [3.05, 3.63) is 23.7 Å². The first-order valence-corrected chi connectivity index (χ1v) is 4.91. The Morgan fingerprint density at radius 3 is 2.80 bits per heavy atom. The normalized spacial score (nSPS) is 9.67. The van der Waals surface area contributed by atoms with Crippen LogP contribution in [0.5, 0.6) is 0 Å². The molecule has 1 heterocycles. The lowest BCUT2D eigenvalue weighted by Crippen LogP contribution is -2.31. The van der Waals surface area contributed by atoms with Crippen LogP contribution in [0.1, 0.15) is 29.7 Å². The van der Waals surface area contributed by atoms with Crippen molar-refractivity contribution in [2.45, 2.75) is 20.3 Å². The second kappa shape index (κ2) is 5.20. The Bertz CT molecular complexity index is 376. The summed E-state index contributed by atoms with van der Waals surface area (Å²) in [5.41, 5.74) is 0. The fraction of sp³-hybridized carbons (Fsp3) is 0.455. The van der Waals surface area contributed by atoms with Crippen molar-refractivity contribution in [2.75, 3.05) is 13.1 Å². The van der Waals surface area contributed by atoms with Crippen LogP contribution in [0.25, 0.3) is 0 Å². The van der Waals surface area contributed by atoms with Gasteiger partial charge in [0.2, 0.25) is 0 Å². The second-order valence-electron chi connectivity index (χ2n) is 3.30. The Morgan fingerprint density at radius 2 is 2.33 bits per heavy atom. The van der Waals surface area contributed by atoms with E-state index in [9.17, 15) is 4.79 Å². The van der Waals surface area contributed by atoms with Gasteiger partial charge in [0.1, 0.15) is 12.3 Å². The molecule has 0 atom stereocenters. The summed E-state index contributed by atoms with van der Waals surface area (Å²) in [5.74, 6) is 0.787. The van der Waals surface area contributed by atoms with E-state index in [0.29, 0.717) is 18.1 Å². The average Bonchev–Trinajstić information content (AvgIpc) is 2.63. The number of carbonyl (C=O) groups is 1. The van der Waals surface area contributed by atoms with Crippen LogP contribution in [0.15, 0.2) is 16.5 Å².